The fraction of sp³-hybridized carbons (Fsp3) is 0.455. The van der Waals surface area contributed by atoms with Gasteiger partial charge in [0.15, 0.2) is 0 Å². The molecule has 1 saturated heterocycles. The first-order valence-corrected chi connectivity index (χ1v) is 5.17. The van der Waals surface area contributed by atoms with Crippen molar-refractivity contribution in [1.29, 1.82) is 0 Å². The molecule has 2 rings (SSSR count). The summed E-state index contributed by atoms with van der Waals surface area (Å²) in [6.45, 7) is 4.44. The van der Waals surface area contributed by atoms with E-state index in [9.17, 15) is 0 Å². The van der Waals surface area contributed by atoms with Crippen LogP contribution in [0.2, 0.25) is 5.02 Å². The van der Waals surface area contributed by atoms with Gasteiger partial charge in [0, 0.05) is 13.1 Å². The van der Waals surface area contributed by atoms with Crippen molar-refractivity contribution in [3.8, 4) is 0 Å². The molecule has 1 nitrogen and oxygen atoms in total. The summed E-state index contributed by atoms with van der Waals surface area (Å²) in [5, 5.41) is 0.891. The van der Waals surface area contributed by atoms with Crippen LogP contribution in [-0.4, -0.2) is 13.1 Å². The molecule has 0 aromatic heterocycles. The van der Waals surface area contributed by atoms with Gasteiger partial charge in [-0.05, 0) is 31.4 Å². The molecule has 1 fully saturated rings. The minimum atomic E-state index is 0.891. The molecule has 0 bridgehead atoms. The summed E-state index contributed by atoms with van der Waals surface area (Å²) in [6, 6.07) is 6.11. The van der Waals surface area contributed by atoms with Gasteiger partial charge in [0.25, 0.3) is 0 Å². The van der Waals surface area contributed by atoms with Crippen LogP contribution in [0.4, 0.5) is 5.69 Å². The lowest BCUT2D eigenvalue weighted by atomic mass is 10.2. The monoisotopic (exact) mass is 195 g/mol. The Morgan fingerprint density at radius 3 is 2.54 bits per heavy atom. The van der Waals surface area contributed by atoms with Gasteiger partial charge in [-0.2, -0.15) is 0 Å². The quantitative estimate of drug-likeness (QED) is 0.665. The molecule has 0 saturated carbocycles. The highest BCUT2D eigenvalue weighted by atomic mass is 35.5. The SMILES string of the molecule is Cc1cccc(Cl)c1N1CCCC1. The van der Waals surface area contributed by atoms with Crippen molar-refractivity contribution in [2.45, 2.75) is 19.8 Å². The van der Waals surface area contributed by atoms with E-state index in [0.29, 0.717) is 0 Å². The highest BCUT2D eigenvalue weighted by Crippen LogP contribution is 2.31. The van der Waals surface area contributed by atoms with Crippen LogP contribution in [0.15, 0.2) is 18.2 Å². The number of hydrogen-bond donors (Lipinski definition) is 0. The van der Waals surface area contributed by atoms with E-state index in [1.807, 2.05) is 12.1 Å². The zero-order chi connectivity index (χ0) is 9.26. The van der Waals surface area contributed by atoms with Gasteiger partial charge in [-0.25, -0.2) is 0 Å². The Morgan fingerprint density at radius 2 is 1.92 bits per heavy atom. The van der Waals surface area contributed by atoms with Gasteiger partial charge in [-0.15, -0.1) is 0 Å². The summed E-state index contributed by atoms with van der Waals surface area (Å²) in [7, 11) is 0. The van der Waals surface area contributed by atoms with Crippen molar-refractivity contribution in [3.63, 3.8) is 0 Å². The van der Waals surface area contributed by atoms with E-state index in [1.54, 1.807) is 0 Å². The van der Waals surface area contributed by atoms with Crippen LogP contribution < -0.4 is 4.90 Å². The van der Waals surface area contributed by atoms with Gasteiger partial charge in [-0.1, -0.05) is 23.7 Å². The molecule has 1 heterocycles. The number of anilines is 1. The first kappa shape index (κ1) is 8.89. The molecule has 0 unspecified atom stereocenters. The van der Waals surface area contributed by atoms with E-state index in [4.69, 9.17) is 11.6 Å². The Balaban J connectivity index is 2.37. The maximum absolute atomic E-state index is 6.17. The van der Waals surface area contributed by atoms with E-state index >= 15 is 0 Å². The molecule has 1 aliphatic heterocycles. The highest BCUT2D eigenvalue weighted by molar-refractivity contribution is 6.33. The largest absolute Gasteiger partial charge is 0.370 e. The van der Waals surface area contributed by atoms with Crippen LogP contribution in [0.1, 0.15) is 18.4 Å². The molecular weight excluding hydrogens is 182 g/mol. The minimum Gasteiger partial charge on any atom is -0.370 e. The molecule has 0 aliphatic carbocycles. The topological polar surface area (TPSA) is 3.24 Å². The van der Waals surface area contributed by atoms with Crippen molar-refractivity contribution < 1.29 is 0 Å². The lowest BCUT2D eigenvalue weighted by molar-refractivity contribution is 0.949. The van der Waals surface area contributed by atoms with Crippen LogP contribution in [0.5, 0.6) is 0 Å². The Bertz CT molecular complexity index is 283. The Morgan fingerprint density at radius 1 is 1.23 bits per heavy atom. The molecule has 1 aromatic rings. The summed E-state index contributed by atoms with van der Waals surface area (Å²) in [6.07, 6.45) is 2.59. The molecule has 1 aromatic carbocycles. The van der Waals surface area contributed by atoms with Gasteiger partial charge < -0.3 is 4.90 Å². The van der Waals surface area contributed by atoms with Crippen molar-refractivity contribution in [2.75, 3.05) is 18.0 Å². The number of benzene rings is 1. The second-order valence-electron chi connectivity index (χ2n) is 3.60. The molecule has 13 heavy (non-hydrogen) atoms. The number of rotatable bonds is 1. The Kier molecular flexibility index (Phi) is 2.45. The predicted molar refractivity (Wildman–Crippen MR) is 57.6 cm³/mol. The summed E-state index contributed by atoms with van der Waals surface area (Å²) in [4.78, 5) is 2.39. The second-order valence-corrected chi connectivity index (χ2v) is 4.01. The van der Waals surface area contributed by atoms with Crippen LogP contribution in [0.3, 0.4) is 0 Å². The number of para-hydroxylation sites is 1. The molecule has 1 aliphatic rings. The molecule has 0 amide bonds. The third kappa shape index (κ3) is 1.66. The normalized spacial score (nSPS) is 16.6. The number of nitrogens with zero attached hydrogens (tertiary/aromatic N) is 1. The summed E-state index contributed by atoms with van der Waals surface area (Å²) in [5.74, 6) is 0. The first-order valence-electron chi connectivity index (χ1n) is 4.79. The van der Waals surface area contributed by atoms with Crippen LogP contribution in [0, 0.1) is 6.92 Å². The van der Waals surface area contributed by atoms with Crippen LogP contribution in [0.25, 0.3) is 0 Å². The van der Waals surface area contributed by atoms with Crippen molar-refractivity contribution in [3.05, 3.63) is 28.8 Å². The fourth-order valence-corrected chi connectivity index (χ4v) is 2.31. The highest BCUT2D eigenvalue weighted by Gasteiger charge is 2.16. The molecule has 0 spiro atoms. The standard InChI is InChI=1S/C11H14ClN/c1-9-5-4-6-10(12)11(9)13-7-2-3-8-13/h4-6H,2-3,7-8H2,1H3. The van der Waals surface area contributed by atoms with Gasteiger partial charge in [-0.3, -0.25) is 0 Å². The number of aryl methyl sites for hydroxylation is 1. The van der Waals surface area contributed by atoms with Crippen molar-refractivity contribution in [2.24, 2.45) is 0 Å². The maximum atomic E-state index is 6.17. The van der Waals surface area contributed by atoms with E-state index in [2.05, 4.69) is 17.9 Å². The zero-order valence-corrected chi connectivity index (χ0v) is 8.64. The summed E-state index contributed by atoms with van der Waals surface area (Å²) < 4.78 is 0. The van der Waals surface area contributed by atoms with E-state index in [1.165, 1.54) is 24.1 Å². The zero-order valence-electron chi connectivity index (χ0n) is 7.89. The molecule has 70 valence electrons. The lowest BCUT2D eigenvalue weighted by Gasteiger charge is -2.21. The maximum Gasteiger partial charge on any atom is 0.0642 e. The predicted octanol–water partition coefficient (Wildman–Crippen LogP) is 3.25. The van der Waals surface area contributed by atoms with E-state index in [-0.39, 0.29) is 0 Å². The average Bonchev–Trinajstić information content (AvgIpc) is 2.57. The van der Waals surface area contributed by atoms with Crippen LogP contribution in [-0.2, 0) is 0 Å². The Hall–Kier alpha value is -0.690. The molecule has 0 atom stereocenters. The Labute approximate surface area is 84.3 Å². The molecule has 2 heteroatoms. The van der Waals surface area contributed by atoms with E-state index in [0.717, 1.165) is 18.1 Å². The first-order chi connectivity index (χ1) is 6.29. The third-order valence-corrected chi connectivity index (χ3v) is 2.92. The third-order valence-electron chi connectivity index (χ3n) is 2.61. The molecule has 0 N–H and O–H groups in total. The van der Waals surface area contributed by atoms with Crippen molar-refractivity contribution >= 4 is 17.3 Å². The molecule has 0 radical (unpaired) electrons. The van der Waals surface area contributed by atoms with Crippen molar-refractivity contribution in [1.82, 2.24) is 0 Å². The smallest absolute Gasteiger partial charge is 0.0642 e. The second kappa shape index (κ2) is 3.59. The fourth-order valence-electron chi connectivity index (χ4n) is 1.96. The van der Waals surface area contributed by atoms with Gasteiger partial charge in [0.2, 0.25) is 0 Å². The summed E-state index contributed by atoms with van der Waals surface area (Å²) in [5.41, 5.74) is 2.52. The molecular formula is C11H14ClN. The van der Waals surface area contributed by atoms with Crippen LogP contribution >= 0.6 is 11.6 Å². The number of hydrogen-bond acceptors (Lipinski definition) is 1. The van der Waals surface area contributed by atoms with Gasteiger partial charge in [0.05, 0.1) is 10.7 Å². The van der Waals surface area contributed by atoms with Gasteiger partial charge in [0.1, 0.15) is 0 Å². The number of halogens is 1. The summed E-state index contributed by atoms with van der Waals surface area (Å²) >= 11 is 6.17. The average molecular weight is 196 g/mol. The van der Waals surface area contributed by atoms with Gasteiger partial charge >= 0.3 is 0 Å². The lowest BCUT2D eigenvalue weighted by Crippen LogP contribution is -2.18. The van der Waals surface area contributed by atoms with E-state index < -0.39 is 0 Å². The minimum absolute atomic E-state index is 0.891.